The molecular formula is C26H28N2O2. The Morgan fingerprint density at radius 1 is 0.967 bits per heavy atom. The van der Waals surface area contributed by atoms with Crippen molar-refractivity contribution in [3.8, 4) is 5.75 Å². The van der Waals surface area contributed by atoms with E-state index < -0.39 is 0 Å². The number of fused-ring (bicyclic) bond motifs is 1. The van der Waals surface area contributed by atoms with Crippen LogP contribution in [0.25, 0.3) is 0 Å². The number of nitrogens with one attached hydrogen (secondary N) is 1. The summed E-state index contributed by atoms with van der Waals surface area (Å²) in [7, 11) is 1.66. The fourth-order valence-electron chi connectivity index (χ4n) is 3.97. The van der Waals surface area contributed by atoms with Gasteiger partial charge < -0.3 is 15.0 Å². The summed E-state index contributed by atoms with van der Waals surface area (Å²) in [6.45, 7) is 2.55. The molecule has 0 spiro atoms. The van der Waals surface area contributed by atoms with Crippen molar-refractivity contribution in [2.24, 2.45) is 0 Å². The van der Waals surface area contributed by atoms with E-state index in [0.717, 1.165) is 31.7 Å². The minimum absolute atomic E-state index is 0.0293. The van der Waals surface area contributed by atoms with Crippen LogP contribution in [0.1, 0.15) is 33.5 Å². The fourth-order valence-corrected chi connectivity index (χ4v) is 3.97. The monoisotopic (exact) mass is 400 g/mol. The van der Waals surface area contributed by atoms with E-state index in [0.29, 0.717) is 12.1 Å². The molecule has 0 atom stereocenters. The largest absolute Gasteiger partial charge is 0.497 e. The number of hydrogen-bond donors (Lipinski definition) is 1. The molecule has 1 N–H and O–H groups in total. The molecule has 0 fully saturated rings. The Labute approximate surface area is 178 Å². The van der Waals surface area contributed by atoms with E-state index >= 15 is 0 Å². The smallest absolute Gasteiger partial charge is 0.251 e. The van der Waals surface area contributed by atoms with Crippen LogP contribution in [0, 0.1) is 0 Å². The molecule has 1 amide bonds. The summed E-state index contributed by atoms with van der Waals surface area (Å²) in [4.78, 5) is 14.9. The number of benzene rings is 3. The third kappa shape index (κ3) is 4.82. The van der Waals surface area contributed by atoms with Gasteiger partial charge >= 0.3 is 0 Å². The van der Waals surface area contributed by atoms with Crippen LogP contribution in [-0.2, 0) is 19.4 Å². The third-order valence-electron chi connectivity index (χ3n) is 5.65. The summed E-state index contributed by atoms with van der Waals surface area (Å²) >= 11 is 0. The molecule has 1 aliphatic heterocycles. The minimum Gasteiger partial charge on any atom is -0.497 e. The highest BCUT2D eigenvalue weighted by Gasteiger charge is 2.16. The van der Waals surface area contributed by atoms with Gasteiger partial charge in [-0.3, -0.25) is 4.79 Å². The van der Waals surface area contributed by atoms with Gasteiger partial charge in [-0.15, -0.1) is 0 Å². The molecule has 3 aromatic carbocycles. The summed E-state index contributed by atoms with van der Waals surface area (Å²) in [5.74, 6) is 0.814. The van der Waals surface area contributed by atoms with Gasteiger partial charge in [-0.25, -0.2) is 0 Å². The Kier molecular flexibility index (Phi) is 6.33. The molecule has 0 radical (unpaired) electrons. The number of ether oxygens (including phenoxy) is 1. The van der Waals surface area contributed by atoms with Crippen LogP contribution in [0.2, 0.25) is 0 Å². The lowest BCUT2D eigenvalue weighted by Crippen LogP contribution is -2.29. The molecule has 0 saturated heterocycles. The lowest BCUT2D eigenvalue weighted by Gasteiger charge is -2.31. The van der Waals surface area contributed by atoms with Gasteiger partial charge in [0.25, 0.3) is 5.91 Å². The molecule has 1 heterocycles. The van der Waals surface area contributed by atoms with Gasteiger partial charge in [0.05, 0.1) is 7.11 Å². The van der Waals surface area contributed by atoms with Crippen molar-refractivity contribution >= 4 is 11.6 Å². The number of aryl methyl sites for hydroxylation is 1. The number of rotatable bonds is 7. The predicted octanol–water partition coefficient (Wildman–Crippen LogP) is 4.62. The Morgan fingerprint density at radius 2 is 1.70 bits per heavy atom. The van der Waals surface area contributed by atoms with Crippen LogP contribution in [0.15, 0.2) is 72.8 Å². The minimum atomic E-state index is -0.0293. The Bertz CT molecular complexity index is 981. The van der Waals surface area contributed by atoms with Gasteiger partial charge in [-0.2, -0.15) is 0 Å². The summed E-state index contributed by atoms with van der Waals surface area (Å²) in [6, 6.07) is 24.6. The van der Waals surface area contributed by atoms with Crippen molar-refractivity contribution < 1.29 is 9.53 Å². The maximum absolute atomic E-state index is 12.5. The fraction of sp³-hybridized carbons (Fsp3) is 0.269. The summed E-state index contributed by atoms with van der Waals surface area (Å²) in [5, 5.41) is 3.01. The summed E-state index contributed by atoms with van der Waals surface area (Å²) in [5.41, 5.74) is 5.86. The lowest BCUT2D eigenvalue weighted by molar-refractivity contribution is 0.0954. The van der Waals surface area contributed by atoms with E-state index in [1.807, 2.05) is 36.4 Å². The molecular weight excluding hydrogens is 372 g/mol. The van der Waals surface area contributed by atoms with Crippen LogP contribution < -0.4 is 15.0 Å². The Hall–Kier alpha value is -3.27. The van der Waals surface area contributed by atoms with Crippen molar-refractivity contribution in [2.45, 2.75) is 25.8 Å². The van der Waals surface area contributed by atoms with Gasteiger partial charge in [-0.1, -0.05) is 42.5 Å². The van der Waals surface area contributed by atoms with Gasteiger partial charge in [0, 0.05) is 30.9 Å². The number of carbonyl (C=O) groups is 1. The molecule has 4 heteroatoms. The van der Waals surface area contributed by atoms with E-state index in [2.05, 4.69) is 46.6 Å². The maximum atomic E-state index is 12.5. The van der Waals surface area contributed by atoms with Crippen LogP contribution in [0.5, 0.6) is 5.75 Å². The van der Waals surface area contributed by atoms with Crippen LogP contribution >= 0.6 is 0 Å². The van der Waals surface area contributed by atoms with Gasteiger partial charge in [0.15, 0.2) is 0 Å². The molecule has 0 aliphatic carbocycles. The van der Waals surface area contributed by atoms with E-state index in [1.54, 1.807) is 7.11 Å². The number of anilines is 1. The number of carbonyl (C=O) groups excluding carboxylic acids is 1. The first-order valence-corrected chi connectivity index (χ1v) is 10.6. The van der Waals surface area contributed by atoms with Gasteiger partial charge in [-0.05, 0) is 66.3 Å². The molecule has 1 aliphatic rings. The second-order valence-electron chi connectivity index (χ2n) is 7.70. The number of hydrogen-bond acceptors (Lipinski definition) is 3. The highest BCUT2D eigenvalue weighted by atomic mass is 16.5. The van der Waals surface area contributed by atoms with Crippen molar-refractivity contribution in [1.82, 2.24) is 5.32 Å². The standard InChI is InChI=1S/C26H28N2O2/c1-30-24-14-10-20(11-15-24)16-17-27-26(29)23-12-8-21(9-13-23)19-28-18-4-6-22-5-2-3-7-25(22)28/h2-3,5,7-15H,4,6,16-19H2,1H3,(H,27,29). The molecule has 154 valence electrons. The molecule has 0 bridgehead atoms. The normalized spacial score (nSPS) is 12.9. The Balaban J connectivity index is 1.30. The number of methoxy groups -OCH3 is 1. The molecule has 4 rings (SSSR count). The highest BCUT2D eigenvalue weighted by Crippen LogP contribution is 2.28. The molecule has 0 saturated carbocycles. The zero-order valence-corrected chi connectivity index (χ0v) is 17.4. The first-order chi connectivity index (χ1) is 14.7. The average Bonchev–Trinajstić information content (AvgIpc) is 2.80. The summed E-state index contributed by atoms with van der Waals surface area (Å²) < 4.78 is 5.17. The molecule has 0 aromatic heterocycles. The van der Waals surface area contributed by atoms with E-state index in [9.17, 15) is 4.79 Å². The zero-order valence-electron chi connectivity index (χ0n) is 17.4. The van der Waals surface area contributed by atoms with E-state index in [4.69, 9.17) is 4.74 Å². The van der Waals surface area contributed by atoms with Gasteiger partial charge in [0.2, 0.25) is 0 Å². The molecule has 0 unspecified atom stereocenters. The van der Waals surface area contributed by atoms with Crippen molar-refractivity contribution in [3.63, 3.8) is 0 Å². The SMILES string of the molecule is COc1ccc(CCNC(=O)c2ccc(CN3CCCc4ccccc43)cc2)cc1. The second-order valence-corrected chi connectivity index (χ2v) is 7.70. The van der Waals surface area contributed by atoms with Crippen LogP contribution in [0.3, 0.4) is 0 Å². The average molecular weight is 401 g/mol. The first kappa shape index (κ1) is 20.0. The van der Waals surface area contributed by atoms with E-state index in [1.165, 1.54) is 28.8 Å². The molecule has 3 aromatic rings. The van der Waals surface area contributed by atoms with Crippen molar-refractivity contribution in [1.29, 1.82) is 0 Å². The van der Waals surface area contributed by atoms with Crippen LogP contribution in [-0.4, -0.2) is 26.1 Å². The Morgan fingerprint density at radius 3 is 2.47 bits per heavy atom. The molecule has 30 heavy (non-hydrogen) atoms. The van der Waals surface area contributed by atoms with Gasteiger partial charge in [0.1, 0.15) is 5.75 Å². The molecule has 4 nitrogen and oxygen atoms in total. The first-order valence-electron chi connectivity index (χ1n) is 10.6. The summed E-state index contributed by atoms with van der Waals surface area (Å²) in [6.07, 6.45) is 3.14. The maximum Gasteiger partial charge on any atom is 0.251 e. The predicted molar refractivity (Wildman–Crippen MR) is 121 cm³/mol. The number of para-hydroxylation sites is 1. The lowest BCUT2D eigenvalue weighted by atomic mass is 10.0. The van der Waals surface area contributed by atoms with E-state index in [-0.39, 0.29) is 5.91 Å². The second kappa shape index (κ2) is 9.49. The number of amides is 1. The van der Waals surface area contributed by atoms with Crippen molar-refractivity contribution in [2.75, 3.05) is 25.1 Å². The van der Waals surface area contributed by atoms with Crippen LogP contribution in [0.4, 0.5) is 5.69 Å². The quantitative estimate of drug-likeness (QED) is 0.629. The topological polar surface area (TPSA) is 41.6 Å². The third-order valence-corrected chi connectivity index (χ3v) is 5.65. The zero-order chi connectivity index (χ0) is 20.8. The highest BCUT2D eigenvalue weighted by molar-refractivity contribution is 5.94. The van der Waals surface area contributed by atoms with Crippen molar-refractivity contribution in [3.05, 3.63) is 95.1 Å². The number of nitrogens with zero attached hydrogens (tertiary/aromatic N) is 1.